The highest BCUT2D eigenvalue weighted by atomic mass is 32.2. The monoisotopic (exact) mass is 731 g/mol. The molecule has 1 saturated carbocycles. The molecular formula is C33H27F6N7O4S. The van der Waals surface area contributed by atoms with Gasteiger partial charge in [-0.1, -0.05) is 0 Å². The second-order valence-corrected chi connectivity index (χ2v) is 14.7. The second kappa shape index (κ2) is 12.3. The third-order valence-electron chi connectivity index (χ3n) is 9.01. The minimum Gasteiger partial charge on any atom is -0.344 e. The number of hydrogen-bond acceptors (Lipinski definition) is 7. The number of alkyl halides is 4. The van der Waals surface area contributed by atoms with Gasteiger partial charge in [0.2, 0.25) is 15.9 Å². The summed E-state index contributed by atoms with van der Waals surface area (Å²) in [6.07, 6.45) is -2.21. The molecule has 2 aliphatic carbocycles. The van der Waals surface area contributed by atoms with Crippen LogP contribution in [0.4, 0.5) is 26.3 Å². The predicted octanol–water partition coefficient (Wildman–Crippen LogP) is 4.75. The molecule has 2 aliphatic rings. The average Bonchev–Trinajstić information content (AvgIpc) is 3.72. The molecule has 11 nitrogen and oxygen atoms in total. The number of sulfonamides is 1. The highest BCUT2D eigenvalue weighted by Gasteiger charge is 2.67. The van der Waals surface area contributed by atoms with Crippen LogP contribution >= 0.6 is 0 Å². The fourth-order valence-corrected chi connectivity index (χ4v) is 7.52. The summed E-state index contributed by atoms with van der Waals surface area (Å²) in [5.41, 5.74) is -2.56. The molecule has 2 aromatic carbocycles. The number of hydrogen-bond donors (Lipinski definition) is 1. The fourth-order valence-electron chi connectivity index (χ4n) is 6.62. The van der Waals surface area contributed by atoms with Gasteiger partial charge in [0.1, 0.15) is 35.4 Å². The van der Waals surface area contributed by atoms with Gasteiger partial charge >= 0.3 is 0 Å². The van der Waals surface area contributed by atoms with Crippen molar-refractivity contribution in [2.45, 2.75) is 48.6 Å². The van der Waals surface area contributed by atoms with E-state index < -0.39 is 87.7 Å². The molecule has 1 fully saturated rings. The first-order valence-electron chi connectivity index (χ1n) is 15.5. The third-order valence-corrected chi connectivity index (χ3v) is 10.8. The Bertz CT molecular complexity index is 2360. The van der Waals surface area contributed by atoms with E-state index in [1.54, 1.807) is 0 Å². The van der Waals surface area contributed by atoms with E-state index in [-0.39, 0.29) is 45.0 Å². The summed E-state index contributed by atoms with van der Waals surface area (Å²) in [5, 5.41) is 6.29. The summed E-state index contributed by atoms with van der Waals surface area (Å²) < 4.78 is 115. The maximum absolute atomic E-state index is 15.2. The van der Waals surface area contributed by atoms with Crippen LogP contribution in [-0.4, -0.2) is 57.0 Å². The lowest BCUT2D eigenvalue weighted by Gasteiger charge is -2.23. The number of nitrogens with one attached hydrogen (secondary N) is 1. The Labute approximate surface area is 285 Å². The molecule has 0 bridgehead atoms. The summed E-state index contributed by atoms with van der Waals surface area (Å²) in [6, 6.07) is 9.19. The molecule has 0 spiro atoms. The van der Waals surface area contributed by atoms with Crippen molar-refractivity contribution in [3.63, 3.8) is 0 Å². The van der Waals surface area contributed by atoms with Crippen LogP contribution in [0.25, 0.3) is 16.7 Å². The Morgan fingerprint density at radius 3 is 2.41 bits per heavy atom. The Hall–Kier alpha value is -5.10. The molecule has 5 aromatic rings. The van der Waals surface area contributed by atoms with Gasteiger partial charge in [0.15, 0.2) is 5.65 Å². The highest BCUT2D eigenvalue weighted by Crippen LogP contribution is 2.68. The van der Waals surface area contributed by atoms with Gasteiger partial charge in [-0.15, -0.1) is 0 Å². The number of halogens is 6. The molecule has 0 unspecified atom stereocenters. The minimum atomic E-state index is -3.88. The molecule has 1 amide bonds. The van der Waals surface area contributed by atoms with Crippen molar-refractivity contribution in [3.8, 4) is 5.69 Å². The number of carbonyl (C=O) groups is 1. The van der Waals surface area contributed by atoms with Gasteiger partial charge < -0.3 is 5.32 Å². The smallest absolute Gasteiger partial charge is 0.293 e. The lowest BCUT2D eigenvalue weighted by Crippen LogP contribution is -2.38. The molecule has 3 atom stereocenters. The van der Waals surface area contributed by atoms with Gasteiger partial charge in [-0.05, 0) is 66.4 Å². The van der Waals surface area contributed by atoms with Gasteiger partial charge in [-0.3, -0.25) is 18.8 Å². The molecule has 0 radical (unpaired) electrons. The van der Waals surface area contributed by atoms with Crippen molar-refractivity contribution >= 4 is 27.0 Å². The zero-order chi connectivity index (χ0) is 36.6. The summed E-state index contributed by atoms with van der Waals surface area (Å²) in [5.74, 6) is -8.62. The van der Waals surface area contributed by atoms with Crippen LogP contribution in [0, 0.1) is 17.6 Å². The molecule has 1 N–H and O–H groups in total. The summed E-state index contributed by atoms with van der Waals surface area (Å²) in [6.45, 7) is -0.939. The summed E-state index contributed by atoms with van der Waals surface area (Å²) in [4.78, 5) is 36.3. The number of benzene rings is 2. The standard InChI is InChI=1S/C33H27F6N7O4S/c1-44(2)51(49,50)20-7-5-19(6-8-20)46-31(42-30-21(32(46)48)4-3-9-40-30)24(12-16-10-17(34)13-18(35)11-16)41-25(47)15-45-28-26(27(43-45)29(36)37)22-14-23(22)33(28,38)39/h3-11,13,22-24,29H,12,14-15H2,1-2H3,(H,41,47)/t22-,23+,24-/m0/s1. The molecule has 3 aromatic heterocycles. The van der Waals surface area contributed by atoms with Crippen molar-refractivity contribution in [2.75, 3.05) is 14.1 Å². The number of nitrogens with zero attached hydrogens (tertiary/aromatic N) is 6. The molecular weight excluding hydrogens is 704 g/mol. The van der Waals surface area contributed by atoms with Gasteiger partial charge in [0.25, 0.3) is 17.9 Å². The lowest BCUT2D eigenvalue weighted by molar-refractivity contribution is -0.123. The Balaban J connectivity index is 1.34. The van der Waals surface area contributed by atoms with E-state index in [0.29, 0.717) is 10.7 Å². The number of amides is 1. The largest absolute Gasteiger partial charge is 0.344 e. The van der Waals surface area contributed by atoms with Crippen molar-refractivity contribution in [1.29, 1.82) is 0 Å². The van der Waals surface area contributed by atoms with E-state index in [4.69, 9.17) is 0 Å². The second-order valence-electron chi connectivity index (χ2n) is 12.5. The first-order chi connectivity index (χ1) is 24.1. The van der Waals surface area contributed by atoms with E-state index in [2.05, 4.69) is 20.4 Å². The summed E-state index contributed by atoms with van der Waals surface area (Å²) in [7, 11) is -1.20. The lowest BCUT2D eigenvalue weighted by atomic mass is 10.0. The molecule has 7 rings (SSSR count). The first-order valence-corrected chi connectivity index (χ1v) is 16.9. The van der Waals surface area contributed by atoms with Crippen LogP contribution in [0.5, 0.6) is 0 Å². The zero-order valence-corrected chi connectivity index (χ0v) is 27.5. The van der Waals surface area contributed by atoms with Gasteiger partial charge in [0.05, 0.1) is 22.0 Å². The molecule has 3 heterocycles. The topological polar surface area (TPSA) is 132 Å². The minimum absolute atomic E-state index is 0.00118. The maximum Gasteiger partial charge on any atom is 0.293 e. The van der Waals surface area contributed by atoms with E-state index in [1.807, 2.05) is 0 Å². The number of pyridine rings is 1. The predicted molar refractivity (Wildman–Crippen MR) is 169 cm³/mol. The number of aromatic nitrogens is 5. The molecule has 18 heteroatoms. The quantitative estimate of drug-likeness (QED) is 0.205. The van der Waals surface area contributed by atoms with Crippen molar-refractivity contribution in [2.24, 2.45) is 5.92 Å². The number of rotatable bonds is 10. The van der Waals surface area contributed by atoms with Gasteiger partial charge in [0, 0.05) is 44.3 Å². The van der Waals surface area contributed by atoms with Gasteiger partial charge in [-0.25, -0.2) is 40.3 Å². The SMILES string of the molecule is CN(C)S(=O)(=O)c1ccc(-n2c([C@H](Cc3cc(F)cc(F)c3)NC(=O)Cn3nc(C(F)F)c4c3C(F)(F)[C@@H]3C[C@H]43)nc3ncccc3c2=O)cc1. The van der Waals surface area contributed by atoms with E-state index in [1.165, 1.54) is 56.7 Å². The van der Waals surface area contributed by atoms with Crippen LogP contribution < -0.4 is 10.9 Å². The van der Waals surface area contributed by atoms with Crippen LogP contribution in [0.1, 0.15) is 53.1 Å². The first kappa shape index (κ1) is 34.4. The van der Waals surface area contributed by atoms with Crippen LogP contribution in [0.3, 0.4) is 0 Å². The third kappa shape index (κ3) is 5.94. The number of fused-ring (bicyclic) bond motifs is 4. The Morgan fingerprint density at radius 1 is 1.08 bits per heavy atom. The van der Waals surface area contributed by atoms with E-state index >= 15 is 8.78 Å². The normalized spacial score (nSPS) is 18.2. The molecule has 266 valence electrons. The fraction of sp³-hybridized carbons (Fsp3) is 0.303. The van der Waals surface area contributed by atoms with Crippen LogP contribution in [0.2, 0.25) is 0 Å². The summed E-state index contributed by atoms with van der Waals surface area (Å²) >= 11 is 0. The number of carbonyl (C=O) groups excluding carboxylic acids is 1. The average molecular weight is 732 g/mol. The van der Waals surface area contributed by atoms with Crippen LogP contribution in [0.15, 0.2) is 70.5 Å². The van der Waals surface area contributed by atoms with Crippen molar-refractivity contribution in [3.05, 3.63) is 111 Å². The van der Waals surface area contributed by atoms with E-state index in [9.17, 15) is 35.6 Å². The Morgan fingerprint density at radius 2 is 1.76 bits per heavy atom. The van der Waals surface area contributed by atoms with Crippen LogP contribution in [-0.2, 0) is 33.7 Å². The maximum atomic E-state index is 15.2. The van der Waals surface area contributed by atoms with Crippen molar-refractivity contribution in [1.82, 2.24) is 33.9 Å². The zero-order valence-electron chi connectivity index (χ0n) is 26.7. The van der Waals surface area contributed by atoms with Crippen molar-refractivity contribution < 1.29 is 39.6 Å². The molecule has 0 saturated heterocycles. The molecule has 51 heavy (non-hydrogen) atoms. The van der Waals surface area contributed by atoms with Gasteiger partial charge in [-0.2, -0.15) is 13.9 Å². The highest BCUT2D eigenvalue weighted by molar-refractivity contribution is 7.89. The van der Waals surface area contributed by atoms with E-state index in [0.717, 1.165) is 21.0 Å². The molecule has 0 aliphatic heterocycles. The Kier molecular flexibility index (Phi) is 8.28.